The van der Waals surface area contributed by atoms with Gasteiger partial charge in [0, 0.05) is 30.9 Å². The lowest BCUT2D eigenvalue weighted by Crippen LogP contribution is -2.29. The van der Waals surface area contributed by atoms with Crippen molar-refractivity contribution in [3.63, 3.8) is 0 Å². The smallest absolute Gasteiger partial charge is 0.350 e. The molecular weight excluding hydrogens is 502 g/mol. The maximum Gasteiger partial charge on any atom is 0.350 e. The number of azo groups is 2. The number of carbonyl (C=O) groups is 1. The first-order chi connectivity index (χ1) is 19.6. The van der Waals surface area contributed by atoms with Gasteiger partial charge >= 0.3 is 11.9 Å². The van der Waals surface area contributed by atoms with Gasteiger partial charge in [-0.3, -0.25) is 4.79 Å². The second-order valence-electron chi connectivity index (χ2n) is 8.74. The number of carbonyl (C=O) groups excluding carboxylic acids is 1. The van der Waals surface area contributed by atoms with Crippen molar-refractivity contribution in [2.75, 3.05) is 18.0 Å². The predicted molar refractivity (Wildman–Crippen MR) is 154 cm³/mol. The first-order valence-corrected chi connectivity index (χ1v) is 13.0. The largest absolute Gasteiger partial charge is 0.419 e. The van der Waals surface area contributed by atoms with Gasteiger partial charge in [-0.05, 0) is 110 Å². The molecule has 0 N–H and O–H groups in total. The van der Waals surface area contributed by atoms with Crippen molar-refractivity contribution in [1.29, 1.82) is 0 Å². The molecular formula is C32H29N5O3. The summed E-state index contributed by atoms with van der Waals surface area (Å²) in [7, 11) is 0. The third-order valence-electron chi connectivity index (χ3n) is 5.84. The zero-order valence-corrected chi connectivity index (χ0v) is 22.3. The Bertz CT molecular complexity index is 1510. The summed E-state index contributed by atoms with van der Waals surface area (Å²) in [6.45, 7) is 7.29. The molecule has 4 rings (SSSR count). The molecule has 0 spiro atoms. The summed E-state index contributed by atoms with van der Waals surface area (Å²) in [5, 5.41) is 17.2. The lowest BCUT2D eigenvalue weighted by Gasteiger charge is -2.28. The molecule has 0 aliphatic carbocycles. The van der Waals surface area contributed by atoms with Crippen molar-refractivity contribution in [3.05, 3.63) is 108 Å². The molecule has 3 aromatic carbocycles. The fourth-order valence-electron chi connectivity index (χ4n) is 3.76. The van der Waals surface area contributed by atoms with E-state index in [1.54, 1.807) is 31.2 Å². The Kier molecular flexibility index (Phi) is 10.2. The van der Waals surface area contributed by atoms with Gasteiger partial charge < -0.3 is 14.4 Å². The quantitative estimate of drug-likeness (QED) is 0.119. The van der Waals surface area contributed by atoms with E-state index in [0.29, 0.717) is 17.1 Å². The lowest BCUT2D eigenvalue weighted by molar-refractivity contribution is -0.142. The molecule has 0 unspecified atom stereocenters. The van der Waals surface area contributed by atoms with E-state index in [1.165, 1.54) is 24.9 Å². The monoisotopic (exact) mass is 531 g/mol. The summed E-state index contributed by atoms with van der Waals surface area (Å²) in [6, 6.07) is 22.3. The first-order valence-electron chi connectivity index (χ1n) is 13.0. The molecule has 0 amide bonds. The highest BCUT2D eigenvalue weighted by molar-refractivity contribution is 5.69. The Morgan fingerprint density at radius 1 is 0.775 bits per heavy atom. The van der Waals surface area contributed by atoms with Gasteiger partial charge in [0.15, 0.2) is 0 Å². The number of hydrogen-bond donors (Lipinski definition) is 0. The Morgan fingerprint density at radius 3 is 1.77 bits per heavy atom. The summed E-state index contributed by atoms with van der Waals surface area (Å²) >= 11 is 0. The number of benzene rings is 3. The van der Waals surface area contributed by atoms with Crippen LogP contribution in [-0.4, -0.2) is 19.1 Å². The Balaban J connectivity index is 1.33. The maximum atomic E-state index is 11.6. The van der Waals surface area contributed by atoms with Gasteiger partial charge in [-0.15, -0.1) is 0 Å². The maximum absolute atomic E-state index is 11.6. The van der Waals surface area contributed by atoms with E-state index < -0.39 is 5.97 Å². The number of anilines is 1. The first kappa shape index (κ1) is 27.8. The normalized spacial score (nSPS) is 12.8. The third-order valence-corrected chi connectivity index (χ3v) is 5.84. The highest BCUT2D eigenvalue weighted by Crippen LogP contribution is 2.27. The fraction of sp³-hybridized carbons (Fsp3) is 0.219. The number of nitrogens with zero attached hydrogens (tertiary/aromatic N) is 5. The molecule has 0 atom stereocenters. The van der Waals surface area contributed by atoms with Crippen LogP contribution in [-0.2, 0) is 9.53 Å². The Labute approximate surface area is 233 Å². The van der Waals surface area contributed by atoms with Crippen LogP contribution in [0.25, 0.3) is 0 Å². The fourth-order valence-corrected chi connectivity index (χ4v) is 3.76. The van der Waals surface area contributed by atoms with Crippen LogP contribution in [0.15, 0.2) is 129 Å². The van der Waals surface area contributed by atoms with Crippen molar-refractivity contribution in [2.45, 2.75) is 32.6 Å². The van der Waals surface area contributed by atoms with Crippen LogP contribution in [0.5, 0.6) is 5.75 Å². The summed E-state index contributed by atoms with van der Waals surface area (Å²) < 4.78 is 10.7. The number of esters is 1. The number of hydrogen-bond acceptors (Lipinski definition) is 8. The zero-order chi connectivity index (χ0) is 28.0. The van der Waals surface area contributed by atoms with Crippen molar-refractivity contribution in [2.24, 2.45) is 20.5 Å². The molecule has 3 aromatic rings. The number of ether oxygens (including phenoxy) is 2. The summed E-state index contributed by atoms with van der Waals surface area (Å²) in [5.74, 6) is -0.201. The van der Waals surface area contributed by atoms with Gasteiger partial charge in [-0.25, -0.2) is 0 Å². The van der Waals surface area contributed by atoms with Crippen LogP contribution in [0.3, 0.4) is 0 Å². The molecule has 1 heterocycles. The molecule has 200 valence electrons. The van der Waals surface area contributed by atoms with Crippen LogP contribution in [0, 0.1) is 0 Å². The third kappa shape index (κ3) is 8.68. The second kappa shape index (κ2) is 14.7. The minimum Gasteiger partial charge on any atom is -0.419 e. The van der Waals surface area contributed by atoms with E-state index in [4.69, 9.17) is 9.47 Å². The van der Waals surface area contributed by atoms with E-state index in [1.807, 2.05) is 36.4 Å². The molecule has 1 aliphatic rings. The van der Waals surface area contributed by atoms with E-state index >= 15 is 0 Å². The van der Waals surface area contributed by atoms with Crippen LogP contribution >= 0.6 is 0 Å². The molecule has 8 nitrogen and oxygen atoms in total. The van der Waals surface area contributed by atoms with Crippen LogP contribution in [0.1, 0.15) is 32.6 Å². The molecule has 1 saturated heterocycles. The number of piperidine rings is 1. The van der Waals surface area contributed by atoms with Gasteiger partial charge in [-0.1, -0.05) is 12.7 Å². The van der Waals surface area contributed by atoms with Gasteiger partial charge in [-0.2, -0.15) is 20.5 Å². The lowest BCUT2D eigenvalue weighted by atomic mass is 10.1. The summed E-state index contributed by atoms with van der Waals surface area (Å²) in [4.78, 5) is 14.0. The Morgan fingerprint density at radius 2 is 1.27 bits per heavy atom. The molecule has 0 saturated carbocycles. The minimum absolute atomic E-state index is 0.157. The number of rotatable bonds is 9. The molecule has 0 aromatic heterocycles. The van der Waals surface area contributed by atoms with E-state index in [9.17, 15) is 4.79 Å². The SMILES string of the molecule is C=C=C=C=C=C(OC(=O)CC)Oc1ccc(N=Nc2ccc(N=Nc3ccc(N4CCCCC4)cc3)cc2)cc1. The predicted octanol–water partition coefficient (Wildman–Crippen LogP) is 8.93. The van der Waals surface area contributed by atoms with E-state index in [0.717, 1.165) is 24.5 Å². The van der Waals surface area contributed by atoms with Gasteiger partial charge in [0.2, 0.25) is 0 Å². The average molecular weight is 532 g/mol. The van der Waals surface area contributed by atoms with Crippen LogP contribution < -0.4 is 9.64 Å². The topological polar surface area (TPSA) is 88.2 Å². The van der Waals surface area contributed by atoms with Crippen molar-refractivity contribution in [1.82, 2.24) is 0 Å². The Hall–Kier alpha value is -5.21. The van der Waals surface area contributed by atoms with Crippen LogP contribution in [0.4, 0.5) is 28.4 Å². The molecule has 1 fully saturated rings. The van der Waals surface area contributed by atoms with E-state index in [2.05, 4.69) is 67.0 Å². The molecule has 0 bridgehead atoms. The average Bonchev–Trinajstić information content (AvgIpc) is 3.01. The van der Waals surface area contributed by atoms with Crippen molar-refractivity contribution < 1.29 is 14.3 Å². The van der Waals surface area contributed by atoms with E-state index in [-0.39, 0.29) is 12.4 Å². The minimum atomic E-state index is -0.466. The molecule has 8 heteroatoms. The highest BCUT2D eigenvalue weighted by Gasteiger charge is 2.10. The van der Waals surface area contributed by atoms with Gasteiger partial charge in [0.25, 0.3) is 0 Å². The zero-order valence-electron chi connectivity index (χ0n) is 22.3. The molecule has 40 heavy (non-hydrogen) atoms. The summed E-state index contributed by atoms with van der Waals surface area (Å²) in [5.41, 5.74) is 14.0. The molecule has 0 radical (unpaired) electrons. The van der Waals surface area contributed by atoms with Gasteiger partial charge in [0.05, 0.1) is 22.7 Å². The highest BCUT2D eigenvalue weighted by atomic mass is 16.7. The standard InChI is InChI=1S/C32H29N5O3/c1-3-5-7-10-32(40-31(38)4-2)39-30-21-17-28(18-22-30)36-34-26-13-11-25(12-14-26)33-35-27-15-19-29(20-16-27)37-23-8-6-9-24-37/h11-22H,1,4,6,8-9,23-24H2,2H3. The van der Waals surface area contributed by atoms with Crippen LogP contribution in [0.2, 0.25) is 0 Å². The molecule has 1 aliphatic heterocycles. The van der Waals surface area contributed by atoms with Crippen molar-refractivity contribution >= 4 is 34.4 Å². The van der Waals surface area contributed by atoms with Gasteiger partial charge in [0.1, 0.15) is 5.75 Å². The summed E-state index contributed by atoms with van der Waals surface area (Å²) in [6.07, 6.45) is 4.00. The second-order valence-corrected chi connectivity index (χ2v) is 8.74. The van der Waals surface area contributed by atoms with Crippen molar-refractivity contribution in [3.8, 4) is 5.75 Å².